The minimum atomic E-state index is -3.66. The van der Waals surface area contributed by atoms with Crippen LogP contribution in [0.25, 0.3) is 0 Å². The third-order valence-corrected chi connectivity index (χ3v) is 8.83. The fourth-order valence-electron chi connectivity index (χ4n) is 4.70. The number of nitrogens with one attached hydrogen (secondary N) is 1. The molecule has 3 aromatic rings. The normalized spacial score (nSPS) is 12.7. The third kappa shape index (κ3) is 10.4. The maximum atomic E-state index is 14.0. The van der Waals surface area contributed by atoms with Crippen molar-refractivity contribution < 1.29 is 22.7 Å². The van der Waals surface area contributed by atoms with E-state index in [4.69, 9.17) is 4.74 Å². The smallest absolute Gasteiger partial charge is 0.243 e. The highest BCUT2D eigenvalue weighted by molar-refractivity contribution is 9.10. The molecule has 3 aromatic carbocycles. The van der Waals surface area contributed by atoms with Crippen LogP contribution in [0.15, 0.2) is 83.3 Å². The molecule has 0 saturated heterocycles. The number of ether oxygens (including phenoxy) is 1. The third-order valence-electron chi connectivity index (χ3n) is 7.12. The number of carbonyl (C=O) groups is 2. The molecule has 0 aliphatic rings. The summed E-state index contributed by atoms with van der Waals surface area (Å²) in [6, 6.07) is 23.5. The molecule has 0 saturated carbocycles. The van der Waals surface area contributed by atoms with Gasteiger partial charge in [-0.3, -0.25) is 13.9 Å². The summed E-state index contributed by atoms with van der Waals surface area (Å²) in [5.74, 6) is 0.0185. The molecule has 0 spiro atoms. The molecule has 0 fully saturated rings. The van der Waals surface area contributed by atoms with Crippen molar-refractivity contribution in [1.29, 1.82) is 0 Å². The van der Waals surface area contributed by atoms with E-state index in [2.05, 4.69) is 21.2 Å². The van der Waals surface area contributed by atoms with E-state index in [1.54, 1.807) is 29.2 Å². The summed E-state index contributed by atoms with van der Waals surface area (Å²) in [6.07, 6.45) is 2.57. The molecule has 0 aliphatic carbocycles. The number of benzene rings is 3. The van der Waals surface area contributed by atoms with E-state index in [-0.39, 0.29) is 43.8 Å². The van der Waals surface area contributed by atoms with Crippen molar-refractivity contribution in [1.82, 2.24) is 10.2 Å². The second-order valence-electron chi connectivity index (χ2n) is 10.5. The second kappa shape index (κ2) is 16.5. The van der Waals surface area contributed by atoms with Crippen molar-refractivity contribution in [3.05, 3.63) is 94.5 Å². The lowest BCUT2D eigenvalue weighted by molar-refractivity contribution is -0.141. The van der Waals surface area contributed by atoms with Crippen LogP contribution in [-0.4, -0.2) is 56.6 Å². The molecule has 0 radical (unpaired) electrons. The first-order valence-electron chi connectivity index (χ1n) is 14.6. The zero-order valence-electron chi connectivity index (χ0n) is 25.3. The van der Waals surface area contributed by atoms with E-state index in [1.807, 2.05) is 75.4 Å². The molecule has 0 aliphatic heterocycles. The number of sulfonamides is 1. The number of nitrogens with zero attached hydrogens (tertiary/aromatic N) is 2. The molecule has 8 nitrogen and oxygen atoms in total. The molecule has 0 heterocycles. The minimum Gasteiger partial charge on any atom is -0.492 e. The summed E-state index contributed by atoms with van der Waals surface area (Å²) in [7, 11) is -3.66. The molecule has 2 atom stereocenters. The first kappa shape index (κ1) is 34.1. The van der Waals surface area contributed by atoms with Crippen LogP contribution in [0, 0.1) is 0 Å². The van der Waals surface area contributed by atoms with E-state index >= 15 is 0 Å². The summed E-state index contributed by atoms with van der Waals surface area (Å²) < 4.78 is 33.5. The monoisotopic (exact) mass is 671 g/mol. The van der Waals surface area contributed by atoms with Gasteiger partial charge in [0, 0.05) is 36.4 Å². The van der Waals surface area contributed by atoms with Crippen molar-refractivity contribution in [2.75, 3.05) is 23.7 Å². The zero-order chi connectivity index (χ0) is 31.4. The Bertz CT molecular complexity index is 1430. The number of para-hydroxylation sites is 2. The predicted molar refractivity (Wildman–Crippen MR) is 176 cm³/mol. The summed E-state index contributed by atoms with van der Waals surface area (Å²) in [6.45, 7) is 6.49. The maximum Gasteiger partial charge on any atom is 0.243 e. The fourth-order valence-corrected chi connectivity index (χ4v) is 5.94. The number of hydrogen-bond acceptors (Lipinski definition) is 5. The van der Waals surface area contributed by atoms with Gasteiger partial charge in [-0.05, 0) is 62.1 Å². The summed E-state index contributed by atoms with van der Waals surface area (Å²) in [5, 5.41) is 3.07. The average molecular weight is 673 g/mol. The summed E-state index contributed by atoms with van der Waals surface area (Å²) in [4.78, 5) is 29.3. The molecule has 232 valence electrons. The van der Waals surface area contributed by atoms with E-state index in [0.717, 1.165) is 28.3 Å². The average Bonchev–Trinajstić information content (AvgIpc) is 2.98. The van der Waals surface area contributed by atoms with Gasteiger partial charge >= 0.3 is 0 Å². The fraction of sp³-hybridized carbons (Fsp3) is 0.394. The zero-order valence-corrected chi connectivity index (χ0v) is 27.7. The Hall–Kier alpha value is -3.37. The van der Waals surface area contributed by atoms with Crippen LogP contribution in [-0.2, 0) is 32.6 Å². The van der Waals surface area contributed by atoms with Crippen LogP contribution in [0.4, 0.5) is 5.69 Å². The summed E-state index contributed by atoms with van der Waals surface area (Å²) >= 11 is 3.46. The van der Waals surface area contributed by atoms with Crippen molar-refractivity contribution in [2.24, 2.45) is 0 Å². The Morgan fingerprint density at radius 3 is 2.21 bits per heavy atom. The van der Waals surface area contributed by atoms with Crippen LogP contribution in [0.1, 0.15) is 51.2 Å². The predicted octanol–water partition coefficient (Wildman–Crippen LogP) is 5.95. The van der Waals surface area contributed by atoms with Gasteiger partial charge in [-0.15, -0.1) is 0 Å². The molecular formula is C33H42BrN3O5S. The van der Waals surface area contributed by atoms with E-state index in [9.17, 15) is 18.0 Å². The van der Waals surface area contributed by atoms with Gasteiger partial charge in [-0.2, -0.15) is 0 Å². The number of carbonyl (C=O) groups excluding carboxylic acids is 2. The van der Waals surface area contributed by atoms with Crippen molar-refractivity contribution >= 4 is 43.5 Å². The number of anilines is 1. The Kier molecular flexibility index (Phi) is 13.1. The Balaban J connectivity index is 1.90. The maximum absolute atomic E-state index is 14.0. The standard InChI is InChI=1S/C33H42BrN3O5S/c1-5-25(3)35-33(39)30(23-26-13-8-7-9-14-26)36(24-27-18-20-28(34)21-19-27)32(38)17-12-22-37(43(4,40)41)29-15-10-11-16-31(29)42-6-2/h7-11,13-16,18-21,25,30H,5-6,12,17,22-24H2,1-4H3,(H,35,39)/t25-,30+/m1/s1. The van der Waals surface area contributed by atoms with Crippen LogP contribution in [0.3, 0.4) is 0 Å². The van der Waals surface area contributed by atoms with Crippen LogP contribution >= 0.6 is 15.9 Å². The summed E-state index contributed by atoms with van der Waals surface area (Å²) in [5.41, 5.74) is 2.26. The van der Waals surface area contributed by atoms with E-state index < -0.39 is 16.1 Å². The lowest BCUT2D eigenvalue weighted by Crippen LogP contribution is -2.52. The van der Waals surface area contributed by atoms with Gasteiger partial charge in [0.05, 0.1) is 18.6 Å². The Morgan fingerprint density at radius 2 is 1.58 bits per heavy atom. The van der Waals surface area contributed by atoms with Crippen LogP contribution in [0.5, 0.6) is 5.75 Å². The number of halogens is 1. The molecule has 0 bridgehead atoms. The molecular weight excluding hydrogens is 630 g/mol. The van der Waals surface area contributed by atoms with E-state index in [1.165, 1.54) is 4.31 Å². The van der Waals surface area contributed by atoms with Gasteiger partial charge in [0.2, 0.25) is 21.8 Å². The van der Waals surface area contributed by atoms with Gasteiger partial charge < -0.3 is 15.0 Å². The highest BCUT2D eigenvalue weighted by Crippen LogP contribution is 2.30. The largest absolute Gasteiger partial charge is 0.492 e. The number of rotatable bonds is 16. The SMILES string of the molecule is CCOc1ccccc1N(CCCC(=O)N(Cc1ccc(Br)cc1)[C@@H](Cc1ccccc1)C(=O)N[C@H](C)CC)S(C)(=O)=O. The molecule has 2 amide bonds. The molecule has 3 rings (SSSR count). The van der Waals surface area contributed by atoms with Gasteiger partial charge in [-0.1, -0.05) is 77.5 Å². The highest BCUT2D eigenvalue weighted by atomic mass is 79.9. The lowest BCUT2D eigenvalue weighted by atomic mass is 10.0. The Morgan fingerprint density at radius 1 is 0.930 bits per heavy atom. The number of amides is 2. The van der Waals surface area contributed by atoms with E-state index in [0.29, 0.717) is 24.5 Å². The number of hydrogen-bond donors (Lipinski definition) is 1. The highest BCUT2D eigenvalue weighted by Gasteiger charge is 2.31. The van der Waals surface area contributed by atoms with Gasteiger partial charge in [0.15, 0.2) is 0 Å². The minimum absolute atomic E-state index is 0.0517. The van der Waals surface area contributed by atoms with Crippen molar-refractivity contribution in [3.63, 3.8) is 0 Å². The molecule has 0 aromatic heterocycles. The van der Waals surface area contributed by atoms with Crippen LogP contribution < -0.4 is 14.4 Å². The van der Waals surface area contributed by atoms with Gasteiger partial charge in [0.25, 0.3) is 0 Å². The topological polar surface area (TPSA) is 96.0 Å². The van der Waals surface area contributed by atoms with Crippen molar-refractivity contribution in [2.45, 2.75) is 65.1 Å². The second-order valence-corrected chi connectivity index (χ2v) is 13.3. The molecule has 10 heteroatoms. The first-order chi connectivity index (χ1) is 20.5. The lowest BCUT2D eigenvalue weighted by Gasteiger charge is -2.33. The van der Waals surface area contributed by atoms with Gasteiger partial charge in [-0.25, -0.2) is 8.42 Å². The first-order valence-corrected chi connectivity index (χ1v) is 17.2. The van der Waals surface area contributed by atoms with Crippen LogP contribution in [0.2, 0.25) is 0 Å². The van der Waals surface area contributed by atoms with Gasteiger partial charge in [0.1, 0.15) is 11.8 Å². The van der Waals surface area contributed by atoms with Crippen molar-refractivity contribution in [3.8, 4) is 5.75 Å². The Labute approximate surface area is 264 Å². The quantitative estimate of drug-likeness (QED) is 0.203. The molecule has 0 unspecified atom stereocenters. The molecule has 1 N–H and O–H groups in total. The molecule has 43 heavy (non-hydrogen) atoms.